The molecule has 9 heteroatoms. The molecule has 1 saturated heterocycles. The fourth-order valence-corrected chi connectivity index (χ4v) is 4.48. The number of hydrogen-bond acceptors (Lipinski definition) is 6. The number of imide groups is 1. The molecule has 2 aliphatic heterocycles. The van der Waals surface area contributed by atoms with Crippen molar-refractivity contribution in [2.45, 2.75) is 39.0 Å². The van der Waals surface area contributed by atoms with Gasteiger partial charge < -0.3 is 9.64 Å². The number of amides is 4. The van der Waals surface area contributed by atoms with Crippen molar-refractivity contribution >= 4 is 29.5 Å². The van der Waals surface area contributed by atoms with Crippen LogP contribution < -0.4 is 10.6 Å². The Kier molecular flexibility index (Phi) is 6.20. The molecule has 0 aliphatic carbocycles. The second kappa shape index (κ2) is 9.61. The van der Waals surface area contributed by atoms with E-state index >= 15 is 0 Å². The van der Waals surface area contributed by atoms with Gasteiger partial charge in [-0.1, -0.05) is 36.4 Å². The zero-order chi connectivity index (χ0) is 25.2. The maximum atomic E-state index is 12.9. The summed E-state index contributed by atoms with van der Waals surface area (Å²) in [6, 6.07) is 16.1. The Balaban J connectivity index is 1.18. The van der Waals surface area contributed by atoms with Crippen molar-refractivity contribution in [3.63, 3.8) is 0 Å². The third kappa shape index (κ3) is 4.68. The highest BCUT2D eigenvalue weighted by Crippen LogP contribution is 2.28. The van der Waals surface area contributed by atoms with Crippen LogP contribution in [0.3, 0.4) is 0 Å². The van der Waals surface area contributed by atoms with Gasteiger partial charge in [0, 0.05) is 24.1 Å². The molecular formula is C27H24N4O5. The van der Waals surface area contributed by atoms with E-state index in [1.54, 1.807) is 30.5 Å². The zero-order valence-electron chi connectivity index (χ0n) is 19.6. The summed E-state index contributed by atoms with van der Waals surface area (Å²) >= 11 is 0. The van der Waals surface area contributed by atoms with Gasteiger partial charge >= 0.3 is 6.09 Å². The first-order valence-electron chi connectivity index (χ1n) is 11.6. The van der Waals surface area contributed by atoms with E-state index in [1.165, 1.54) is 4.90 Å². The van der Waals surface area contributed by atoms with Crippen molar-refractivity contribution < 1.29 is 23.9 Å². The summed E-state index contributed by atoms with van der Waals surface area (Å²) in [5, 5.41) is 4.94. The minimum Gasteiger partial charge on any atom is -0.444 e. The van der Waals surface area contributed by atoms with Gasteiger partial charge in [0.2, 0.25) is 11.8 Å². The number of rotatable bonds is 5. The second-order valence-corrected chi connectivity index (χ2v) is 8.84. The van der Waals surface area contributed by atoms with Crippen LogP contribution in [0.5, 0.6) is 0 Å². The van der Waals surface area contributed by atoms with Crippen molar-refractivity contribution in [1.82, 2.24) is 15.2 Å². The van der Waals surface area contributed by atoms with E-state index in [1.807, 2.05) is 37.3 Å². The maximum absolute atomic E-state index is 12.9. The molecule has 182 valence electrons. The van der Waals surface area contributed by atoms with E-state index in [9.17, 15) is 19.2 Å². The first-order valence-corrected chi connectivity index (χ1v) is 11.6. The van der Waals surface area contributed by atoms with Crippen LogP contribution in [0.15, 0.2) is 60.8 Å². The molecule has 2 N–H and O–H groups in total. The van der Waals surface area contributed by atoms with Crippen molar-refractivity contribution in [2.24, 2.45) is 0 Å². The van der Waals surface area contributed by atoms with E-state index in [4.69, 9.17) is 4.74 Å². The molecule has 1 unspecified atom stereocenters. The minimum absolute atomic E-state index is 0.0282. The molecule has 0 saturated carbocycles. The normalized spacial score (nSPS) is 17.0. The molecular weight excluding hydrogens is 460 g/mol. The highest BCUT2D eigenvalue weighted by Gasteiger charge is 2.39. The Morgan fingerprint density at radius 1 is 1.11 bits per heavy atom. The SMILES string of the molecule is Cc1ccccc1-c1ccc(NC(=O)OCc2ccc3c(c2)C(=O)N(C2CCC(=O)NC2=O)C3)cn1. The molecule has 9 nitrogen and oxygen atoms in total. The summed E-state index contributed by atoms with van der Waals surface area (Å²) < 4.78 is 5.33. The van der Waals surface area contributed by atoms with E-state index in [0.717, 1.165) is 22.4 Å². The Morgan fingerprint density at radius 3 is 2.69 bits per heavy atom. The molecule has 2 aliphatic rings. The van der Waals surface area contributed by atoms with Gasteiger partial charge in [0.15, 0.2) is 0 Å². The molecule has 0 spiro atoms. The number of aryl methyl sites for hydroxylation is 1. The molecule has 2 aromatic carbocycles. The number of piperidine rings is 1. The monoisotopic (exact) mass is 484 g/mol. The summed E-state index contributed by atoms with van der Waals surface area (Å²) in [5.74, 6) is -1.05. The molecule has 1 fully saturated rings. The van der Waals surface area contributed by atoms with Crippen LogP contribution in [0.1, 0.15) is 39.9 Å². The standard InChI is InChI=1S/C27H24N4O5/c1-16-4-2-3-5-20(16)22-9-8-19(13-28-22)29-27(35)36-15-17-6-7-18-14-31(26(34)21(18)12-17)23-10-11-24(32)30-25(23)33/h2-9,12-13,23H,10-11,14-15H2,1H3,(H,29,35)(H,30,32,33). The summed E-state index contributed by atoms with van der Waals surface area (Å²) in [5.41, 5.74) is 5.35. The smallest absolute Gasteiger partial charge is 0.412 e. The van der Waals surface area contributed by atoms with Crippen LogP contribution in [0.2, 0.25) is 0 Å². The van der Waals surface area contributed by atoms with E-state index < -0.39 is 18.0 Å². The summed E-state index contributed by atoms with van der Waals surface area (Å²) in [4.78, 5) is 54.8. The summed E-state index contributed by atoms with van der Waals surface area (Å²) in [6.07, 6.45) is 1.44. The van der Waals surface area contributed by atoms with Gasteiger partial charge in [-0.3, -0.25) is 30.0 Å². The van der Waals surface area contributed by atoms with E-state index in [2.05, 4.69) is 15.6 Å². The number of carbonyl (C=O) groups is 4. The number of fused-ring (bicyclic) bond motifs is 1. The van der Waals surface area contributed by atoms with Crippen LogP contribution in [0.25, 0.3) is 11.3 Å². The topological polar surface area (TPSA) is 118 Å². The summed E-state index contributed by atoms with van der Waals surface area (Å²) in [7, 11) is 0. The van der Waals surface area contributed by atoms with Crippen molar-refractivity contribution in [2.75, 3.05) is 5.32 Å². The lowest BCUT2D eigenvalue weighted by molar-refractivity contribution is -0.136. The van der Waals surface area contributed by atoms with Crippen molar-refractivity contribution in [3.05, 3.63) is 83.0 Å². The van der Waals surface area contributed by atoms with Crippen molar-refractivity contribution in [3.8, 4) is 11.3 Å². The molecule has 3 aromatic rings. The van der Waals surface area contributed by atoms with Crippen molar-refractivity contribution in [1.29, 1.82) is 0 Å². The molecule has 36 heavy (non-hydrogen) atoms. The second-order valence-electron chi connectivity index (χ2n) is 8.84. The minimum atomic E-state index is -0.668. The van der Waals surface area contributed by atoms with Gasteiger partial charge in [0.05, 0.1) is 17.6 Å². The van der Waals surface area contributed by atoms with E-state index in [0.29, 0.717) is 29.8 Å². The number of nitrogens with zero attached hydrogens (tertiary/aromatic N) is 2. The number of ether oxygens (including phenoxy) is 1. The van der Waals surface area contributed by atoms with Crippen LogP contribution in [0.4, 0.5) is 10.5 Å². The highest BCUT2D eigenvalue weighted by atomic mass is 16.5. The largest absolute Gasteiger partial charge is 0.444 e. The van der Waals surface area contributed by atoms with Crippen LogP contribution in [0, 0.1) is 6.92 Å². The Bertz CT molecular complexity index is 1370. The van der Waals surface area contributed by atoms with Gasteiger partial charge in [-0.25, -0.2) is 4.79 Å². The zero-order valence-corrected chi connectivity index (χ0v) is 19.6. The predicted octanol–water partition coefficient (Wildman–Crippen LogP) is 3.57. The lowest BCUT2D eigenvalue weighted by Crippen LogP contribution is -2.52. The quantitative estimate of drug-likeness (QED) is 0.535. The summed E-state index contributed by atoms with van der Waals surface area (Å²) in [6.45, 7) is 2.28. The number of carbonyl (C=O) groups excluding carboxylic acids is 4. The third-order valence-corrected chi connectivity index (χ3v) is 6.39. The van der Waals surface area contributed by atoms with Gasteiger partial charge in [-0.05, 0) is 48.2 Å². The fraction of sp³-hybridized carbons (Fsp3) is 0.222. The highest BCUT2D eigenvalue weighted by molar-refractivity contribution is 6.05. The first kappa shape index (κ1) is 23.2. The number of benzene rings is 2. The Hall–Kier alpha value is -4.53. The number of pyridine rings is 1. The van der Waals surface area contributed by atoms with Crippen LogP contribution in [-0.4, -0.2) is 39.7 Å². The molecule has 3 heterocycles. The maximum Gasteiger partial charge on any atom is 0.412 e. The molecule has 1 atom stereocenters. The number of aromatic nitrogens is 1. The van der Waals surface area contributed by atoms with Gasteiger partial charge in [-0.2, -0.15) is 0 Å². The van der Waals surface area contributed by atoms with Crippen LogP contribution in [-0.2, 0) is 27.5 Å². The molecule has 0 radical (unpaired) electrons. The van der Waals surface area contributed by atoms with Crippen LogP contribution >= 0.6 is 0 Å². The van der Waals surface area contributed by atoms with E-state index in [-0.39, 0.29) is 24.8 Å². The first-order chi connectivity index (χ1) is 17.4. The molecule has 4 amide bonds. The Labute approximate surface area is 207 Å². The molecule has 1 aromatic heterocycles. The Morgan fingerprint density at radius 2 is 1.94 bits per heavy atom. The average molecular weight is 485 g/mol. The number of nitrogens with one attached hydrogen (secondary N) is 2. The third-order valence-electron chi connectivity index (χ3n) is 6.39. The molecule has 0 bridgehead atoms. The fourth-order valence-electron chi connectivity index (χ4n) is 4.48. The number of anilines is 1. The average Bonchev–Trinajstić information content (AvgIpc) is 3.19. The predicted molar refractivity (Wildman–Crippen MR) is 131 cm³/mol. The van der Waals surface area contributed by atoms with Gasteiger partial charge in [0.25, 0.3) is 5.91 Å². The number of hydrogen-bond donors (Lipinski definition) is 2. The lowest BCUT2D eigenvalue weighted by Gasteiger charge is -2.29. The van der Waals surface area contributed by atoms with Gasteiger partial charge in [0.1, 0.15) is 12.6 Å². The van der Waals surface area contributed by atoms with Gasteiger partial charge in [-0.15, -0.1) is 0 Å². The lowest BCUT2D eigenvalue weighted by atomic mass is 10.0. The molecule has 5 rings (SSSR count).